The normalized spacial score (nSPS) is 28.3. The molecule has 0 N–H and O–H groups in total. The quantitative estimate of drug-likeness (QED) is 0.794. The van der Waals surface area contributed by atoms with Crippen molar-refractivity contribution in [2.45, 2.75) is 58.6 Å². The molecule has 1 saturated heterocycles. The number of carbonyl (C=O) groups is 1. The first kappa shape index (κ1) is 13.9. The second kappa shape index (κ2) is 5.79. The smallest absolute Gasteiger partial charge is 0.317 e. The van der Waals surface area contributed by atoms with E-state index in [2.05, 4.69) is 0 Å². The first-order valence-corrected chi connectivity index (χ1v) is 7.69. The second-order valence-corrected chi connectivity index (χ2v) is 7.63. The van der Waals surface area contributed by atoms with Crippen LogP contribution in [-0.2, 0) is 0 Å². The number of hydrogen-bond donors (Lipinski definition) is 0. The Bertz CT molecular complexity index is 631. The van der Waals surface area contributed by atoms with Crippen LogP contribution in [0.2, 0.25) is 0 Å². The van der Waals surface area contributed by atoms with Gasteiger partial charge in [0.15, 0.2) is 0 Å². The Balaban J connectivity index is 2.51. The van der Waals surface area contributed by atoms with Crippen LogP contribution < -0.4 is 0 Å². The fourth-order valence-electron chi connectivity index (χ4n) is 2.48. The molecule has 0 unspecified atom stereocenters. The molecule has 1 aliphatic heterocycles. The molecule has 1 heterocycles. The maximum Gasteiger partial charge on any atom is 0.321 e. The van der Waals surface area contributed by atoms with Gasteiger partial charge in [-0.3, -0.25) is 0 Å². The van der Waals surface area contributed by atoms with Gasteiger partial charge < -0.3 is 9.80 Å². The van der Waals surface area contributed by atoms with Crippen molar-refractivity contribution in [1.82, 2.24) is 9.80 Å². The Morgan fingerprint density at radius 1 is 1.14 bits per heavy atom. The average molecular weight is 302 g/mol. The third-order valence-corrected chi connectivity index (χ3v) is 3.56. The van der Waals surface area contributed by atoms with Crippen LogP contribution in [0.1, 0.15) is 49.8 Å². The lowest BCUT2D eigenvalue weighted by Gasteiger charge is -2.36. The number of hydrogen-bond acceptors (Lipinski definition) is 1. The van der Waals surface area contributed by atoms with Gasteiger partial charge >= 0.3 is 6.03 Å². The van der Waals surface area contributed by atoms with Gasteiger partial charge in [0.1, 0.15) is 0 Å². The summed E-state index contributed by atoms with van der Waals surface area (Å²) in [6.45, 7) is 10.4. The summed E-state index contributed by atoms with van der Waals surface area (Å²) < 4.78 is 17.6. The molecular weight excluding hydrogens is 272 g/mol. The molecule has 2 rings (SSSR count). The molecule has 1 aromatic carbocycles. The lowest BCUT2D eigenvalue weighted by atomic mass is 10.0. The number of rotatable bonds is 2. The Morgan fingerprint density at radius 3 is 2.23 bits per heavy atom. The van der Waals surface area contributed by atoms with Gasteiger partial charge in [0.05, 0.1) is 8.76 Å². The third-order valence-electron chi connectivity index (χ3n) is 3.56. The van der Waals surface area contributed by atoms with Crippen molar-refractivity contribution in [1.29, 1.82) is 0 Å². The number of carbonyl (C=O) groups excluding carboxylic acids is 1. The van der Waals surface area contributed by atoms with Crippen LogP contribution in [0, 0.1) is 0 Å². The zero-order valence-corrected chi connectivity index (χ0v) is 14.4. The fraction of sp³-hybridized carbons (Fsp3) is 0.526. The minimum absolute atomic E-state index is 0.261. The van der Waals surface area contributed by atoms with Crippen LogP contribution in [0.4, 0.5) is 4.79 Å². The zero-order chi connectivity index (χ0) is 18.3. The third kappa shape index (κ3) is 3.52. The highest BCUT2D eigenvalue weighted by atomic mass is 16.2. The van der Waals surface area contributed by atoms with Crippen molar-refractivity contribution in [2.75, 3.05) is 6.52 Å². The Hall–Kier alpha value is -1.77. The van der Waals surface area contributed by atoms with E-state index in [4.69, 9.17) is 2.74 Å². The molecule has 3 heteroatoms. The van der Waals surface area contributed by atoms with E-state index in [1.165, 1.54) is 9.80 Å². The van der Waals surface area contributed by atoms with Gasteiger partial charge in [-0.25, -0.2) is 4.79 Å². The first-order chi connectivity index (χ1) is 10.9. The summed E-state index contributed by atoms with van der Waals surface area (Å²) in [5, 5.41) is 0. The van der Waals surface area contributed by atoms with Crippen molar-refractivity contribution in [3.63, 3.8) is 0 Å². The van der Waals surface area contributed by atoms with E-state index in [-0.39, 0.29) is 6.03 Å². The van der Waals surface area contributed by atoms with Crippen LogP contribution in [0.3, 0.4) is 0 Å². The summed E-state index contributed by atoms with van der Waals surface area (Å²) in [6.07, 6.45) is 3.50. The molecule has 0 aliphatic carbocycles. The summed E-state index contributed by atoms with van der Waals surface area (Å²) in [5.74, 6) is 0. The first-order valence-electron chi connectivity index (χ1n) is 8.77. The molecule has 1 aliphatic rings. The number of amides is 2. The molecule has 2 amide bonds. The molecule has 1 fully saturated rings. The molecule has 2 atom stereocenters. The van der Waals surface area contributed by atoms with E-state index in [0.29, 0.717) is 0 Å². The monoisotopic (exact) mass is 302 g/mol. The van der Waals surface area contributed by atoms with Crippen molar-refractivity contribution >= 4 is 12.1 Å². The minimum Gasteiger partial charge on any atom is -0.317 e. The van der Waals surface area contributed by atoms with Gasteiger partial charge in [0, 0.05) is 17.6 Å². The molecule has 0 aromatic heterocycles. The molecule has 0 bridgehead atoms. The lowest BCUT2D eigenvalue weighted by Crippen LogP contribution is -2.50. The highest BCUT2D eigenvalue weighted by molar-refractivity contribution is 5.79. The molecule has 0 radical (unpaired) electrons. The highest BCUT2D eigenvalue weighted by Crippen LogP contribution is 2.31. The maximum atomic E-state index is 13.0. The Morgan fingerprint density at radius 2 is 1.73 bits per heavy atom. The van der Waals surface area contributed by atoms with Gasteiger partial charge in [0.2, 0.25) is 0 Å². The van der Waals surface area contributed by atoms with E-state index in [1.807, 2.05) is 78.0 Å². The van der Waals surface area contributed by atoms with Gasteiger partial charge in [-0.05, 0) is 47.1 Å². The second-order valence-electron chi connectivity index (χ2n) is 7.63. The van der Waals surface area contributed by atoms with Crippen LogP contribution >= 0.6 is 0 Å². The predicted molar refractivity (Wildman–Crippen MR) is 92.7 cm³/mol. The SMILES string of the molecule is [2H][C@H]1N(C(C)(C)C)C(=O)N(C(C)(C)C)[C@]1([2H])/C=C/c1ccccc1. The van der Waals surface area contributed by atoms with Crippen molar-refractivity contribution in [3.8, 4) is 0 Å². The Kier molecular flexibility index (Phi) is 3.65. The molecule has 1 aromatic rings. The van der Waals surface area contributed by atoms with Crippen molar-refractivity contribution in [2.24, 2.45) is 0 Å². The summed E-state index contributed by atoms with van der Waals surface area (Å²) >= 11 is 0. The number of nitrogens with zero attached hydrogens (tertiary/aromatic N) is 2. The highest BCUT2D eigenvalue weighted by Gasteiger charge is 2.45. The number of benzene rings is 1. The van der Waals surface area contributed by atoms with Crippen molar-refractivity contribution in [3.05, 3.63) is 42.0 Å². The van der Waals surface area contributed by atoms with E-state index < -0.39 is 23.6 Å². The van der Waals surface area contributed by atoms with Crippen LogP contribution in [0.5, 0.6) is 0 Å². The lowest BCUT2D eigenvalue weighted by molar-refractivity contribution is 0.129. The van der Waals surface area contributed by atoms with Crippen molar-refractivity contribution < 1.29 is 7.54 Å². The molecule has 22 heavy (non-hydrogen) atoms. The summed E-state index contributed by atoms with van der Waals surface area (Å²) in [4.78, 5) is 16.0. The molecule has 0 spiro atoms. The van der Waals surface area contributed by atoms with E-state index in [1.54, 1.807) is 6.08 Å². The fourth-order valence-corrected chi connectivity index (χ4v) is 2.48. The number of urea groups is 1. The average Bonchev–Trinajstić information content (AvgIpc) is 2.64. The summed E-state index contributed by atoms with van der Waals surface area (Å²) in [5.41, 5.74) is -0.123. The molecule has 0 saturated carbocycles. The van der Waals surface area contributed by atoms with E-state index >= 15 is 0 Å². The minimum atomic E-state index is -1.45. The van der Waals surface area contributed by atoms with Gasteiger partial charge in [-0.1, -0.05) is 42.5 Å². The topological polar surface area (TPSA) is 23.6 Å². The van der Waals surface area contributed by atoms with Crippen LogP contribution in [0.15, 0.2) is 36.4 Å². The Labute approximate surface area is 137 Å². The standard InChI is InChI=1S/C19H28N2O/c1-18(2,3)20-14-16(21(17(20)22)19(4,5)6)13-12-15-10-8-7-9-11-15/h7-13,16H,14H2,1-6H3/b13-12+/t16-/m1/s1/i14D,16D/t14-,16-. The molecule has 3 nitrogen and oxygen atoms in total. The zero-order valence-electron chi connectivity index (χ0n) is 16.4. The maximum absolute atomic E-state index is 13.0. The van der Waals surface area contributed by atoms with E-state index in [9.17, 15) is 4.79 Å². The van der Waals surface area contributed by atoms with Crippen LogP contribution in [-0.4, -0.2) is 39.4 Å². The predicted octanol–water partition coefficient (Wildman–Crippen LogP) is 4.40. The summed E-state index contributed by atoms with van der Waals surface area (Å²) in [7, 11) is 0. The van der Waals surface area contributed by atoms with Gasteiger partial charge in [-0.2, -0.15) is 0 Å². The molecular formula is C19H28N2O. The summed E-state index contributed by atoms with van der Waals surface area (Å²) in [6, 6.07) is 7.97. The largest absolute Gasteiger partial charge is 0.321 e. The van der Waals surface area contributed by atoms with E-state index in [0.717, 1.165) is 5.56 Å². The molecule has 120 valence electrons. The van der Waals surface area contributed by atoms with Crippen LogP contribution in [0.25, 0.3) is 6.08 Å². The van der Waals surface area contributed by atoms with Gasteiger partial charge in [-0.15, -0.1) is 0 Å². The van der Waals surface area contributed by atoms with Gasteiger partial charge in [0.25, 0.3) is 0 Å².